The highest BCUT2D eigenvalue weighted by Gasteiger charge is 2.21. The van der Waals surface area contributed by atoms with Gasteiger partial charge in [-0.3, -0.25) is 0 Å². The Bertz CT molecular complexity index is 375. The molecule has 2 fully saturated rings. The van der Waals surface area contributed by atoms with Gasteiger partial charge in [-0.2, -0.15) is 0 Å². The molecule has 0 radical (unpaired) electrons. The van der Waals surface area contributed by atoms with Crippen molar-refractivity contribution < 1.29 is 4.74 Å². The SMILES string of the molecule is CC1CCC(c2ccc(OCC3CN3)cc2)CC1. The Morgan fingerprint density at radius 3 is 2.39 bits per heavy atom. The third-order valence-corrected chi connectivity index (χ3v) is 4.31. The van der Waals surface area contributed by atoms with Gasteiger partial charge in [-0.15, -0.1) is 0 Å². The lowest BCUT2D eigenvalue weighted by molar-refractivity contribution is 0.318. The molecule has 1 atom stereocenters. The van der Waals surface area contributed by atoms with Crippen LogP contribution in [0.3, 0.4) is 0 Å². The van der Waals surface area contributed by atoms with Gasteiger partial charge in [0.2, 0.25) is 0 Å². The van der Waals surface area contributed by atoms with Crippen molar-refractivity contribution in [1.29, 1.82) is 0 Å². The maximum atomic E-state index is 5.73. The van der Waals surface area contributed by atoms with E-state index in [-0.39, 0.29) is 0 Å². The van der Waals surface area contributed by atoms with Gasteiger partial charge in [-0.25, -0.2) is 0 Å². The fraction of sp³-hybridized carbons (Fsp3) is 0.625. The second-order valence-corrected chi connectivity index (χ2v) is 5.94. The highest BCUT2D eigenvalue weighted by molar-refractivity contribution is 5.29. The fourth-order valence-electron chi connectivity index (χ4n) is 2.83. The van der Waals surface area contributed by atoms with Crippen LogP contribution in [-0.4, -0.2) is 19.2 Å². The van der Waals surface area contributed by atoms with Crippen LogP contribution in [0.2, 0.25) is 0 Å². The maximum Gasteiger partial charge on any atom is 0.119 e. The molecule has 98 valence electrons. The van der Waals surface area contributed by atoms with Gasteiger partial charge in [0, 0.05) is 6.54 Å². The molecule has 1 aliphatic carbocycles. The van der Waals surface area contributed by atoms with Crippen LogP contribution in [-0.2, 0) is 0 Å². The topological polar surface area (TPSA) is 31.2 Å². The van der Waals surface area contributed by atoms with E-state index in [0.717, 1.165) is 30.7 Å². The van der Waals surface area contributed by atoms with Crippen LogP contribution in [0.25, 0.3) is 0 Å². The molecule has 1 saturated heterocycles. The Morgan fingerprint density at radius 1 is 1.11 bits per heavy atom. The van der Waals surface area contributed by atoms with E-state index in [2.05, 4.69) is 36.5 Å². The van der Waals surface area contributed by atoms with Crippen LogP contribution >= 0.6 is 0 Å². The van der Waals surface area contributed by atoms with E-state index in [1.54, 1.807) is 0 Å². The molecule has 2 nitrogen and oxygen atoms in total. The van der Waals surface area contributed by atoms with Crippen molar-refractivity contribution in [3.63, 3.8) is 0 Å². The summed E-state index contributed by atoms with van der Waals surface area (Å²) in [6.07, 6.45) is 5.48. The van der Waals surface area contributed by atoms with E-state index in [0.29, 0.717) is 6.04 Å². The van der Waals surface area contributed by atoms with E-state index in [4.69, 9.17) is 4.74 Å². The molecule has 2 aliphatic rings. The summed E-state index contributed by atoms with van der Waals surface area (Å²) in [5, 5.41) is 3.25. The molecule has 1 unspecified atom stereocenters. The molecule has 1 aliphatic heterocycles. The minimum Gasteiger partial charge on any atom is -0.492 e. The Hall–Kier alpha value is -1.02. The Labute approximate surface area is 110 Å². The smallest absolute Gasteiger partial charge is 0.119 e. The molecule has 0 aromatic heterocycles. The van der Waals surface area contributed by atoms with E-state index in [1.807, 2.05) is 0 Å². The minimum absolute atomic E-state index is 0.588. The molecule has 1 aromatic rings. The average Bonchev–Trinajstić information content (AvgIpc) is 3.22. The molecule has 1 saturated carbocycles. The molecule has 0 amide bonds. The molecular formula is C16H23NO. The first kappa shape index (κ1) is 12.0. The van der Waals surface area contributed by atoms with Crippen molar-refractivity contribution in [2.24, 2.45) is 5.92 Å². The zero-order valence-electron chi connectivity index (χ0n) is 11.2. The highest BCUT2D eigenvalue weighted by atomic mass is 16.5. The number of hydrogen-bond donors (Lipinski definition) is 1. The van der Waals surface area contributed by atoms with Crippen molar-refractivity contribution in [1.82, 2.24) is 5.32 Å². The van der Waals surface area contributed by atoms with Crippen LogP contribution in [0.5, 0.6) is 5.75 Å². The van der Waals surface area contributed by atoms with Gasteiger partial charge >= 0.3 is 0 Å². The standard InChI is InChI=1S/C16H23NO/c1-12-2-4-13(5-3-12)14-6-8-16(9-7-14)18-11-15-10-17-15/h6-9,12-13,15,17H,2-5,10-11H2,1H3. The lowest BCUT2D eigenvalue weighted by Crippen LogP contribution is -2.11. The quantitative estimate of drug-likeness (QED) is 0.825. The largest absolute Gasteiger partial charge is 0.492 e. The van der Waals surface area contributed by atoms with Gasteiger partial charge in [0.05, 0.1) is 6.04 Å². The number of rotatable bonds is 4. The summed E-state index contributed by atoms with van der Waals surface area (Å²) in [6.45, 7) is 4.29. The van der Waals surface area contributed by atoms with Crippen LogP contribution in [0, 0.1) is 5.92 Å². The first-order valence-electron chi connectivity index (χ1n) is 7.27. The molecule has 1 heterocycles. The van der Waals surface area contributed by atoms with Gasteiger partial charge in [0.15, 0.2) is 0 Å². The second kappa shape index (κ2) is 5.31. The lowest BCUT2D eigenvalue weighted by Gasteiger charge is -2.26. The predicted molar refractivity (Wildman–Crippen MR) is 74.1 cm³/mol. The highest BCUT2D eigenvalue weighted by Crippen LogP contribution is 2.35. The number of nitrogens with one attached hydrogen (secondary N) is 1. The maximum absolute atomic E-state index is 5.73. The van der Waals surface area contributed by atoms with Gasteiger partial charge in [-0.05, 0) is 42.4 Å². The third-order valence-electron chi connectivity index (χ3n) is 4.31. The van der Waals surface area contributed by atoms with Crippen molar-refractivity contribution in [3.05, 3.63) is 29.8 Å². The third kappa shape index (κ3) is 3.05. The van der Waals surface area contributed by atoms with Crippen molar-refractivity contribution in [3.8, 4) is 5.75 Å². The normalized spacial score (nSPS) is 31.1. The Morgan fingerprint density at radius 2 is 1.78 bits per heavy atom. The van der Waals surface area contributed by atoms with Crippen LogP contribution < -0.4 is 10.1 Å². The predicted octanol–water partition coefficient (Wildman–Crippen LogP) is 3.33. The summed E-state index contributed by atoms with van der Waals surface area (Å²) in [4.78, 5) is 0. The molecule has 2 heteroatoms. The Balaban J connectivity index is 1.56. The summed E-state index contributed by atoms with van der Waals surface area (Å²) in [5.74, 6) is 2.71. The van der Waals surface area contributed by atoms with Gasteiger partial charge in [-0.1, -0.05) is 31.9 Å². The van der Waals surface area contributed by atoms with Crippen molar-refractivity contribution in [2.75, 3.05) is 13.2 Å². The van der Waals surface area contributed by atoms with Gasteiger partial charge in [0.1, 0.15) is 12.4 Å². The molecule has 0 bridgehead atoms. The summed E-state index contributed by atoms with van der Waals surface area (Å²) >= 11 is 0. The monoisotopic (exact) mass is 245 g/mol. The van der Waals surface area contributed by atoms with Gasteiger partial charge < -0.3 is 10.1 Å². The number of ether oxygens (including phenoxy) is 1. The zero-order chi connectivity index (χ0) is 12.4. The van der Waals surface area contributed by atoms with Crippen molar-refractivity contribution in [2.45, 2.75) is 44.6 Å². The summed E-state index contributed by atoms with van der Waals surface area (Å²) in [6, 6.07) is 9.38. The van der Waals surface area contributed by atoms with Crippen LogP contribution in [0.1, 0.15) is 44.1 Å². The van der Waals surface area contributed by atoms with Crippen LogP contribution in [0.15, 0.2) is 24.3 Å². The van der Waals surface area contributed by atoms with Gasteiger partial charge in [0.25, 0.3) is 0 Å². The van der Waals surface area contributed by atoms with Crippen LogP contribution in [0.4, 0.5) is 0 Å². The molecule has 1 aromatic carbocycles. The molecule has 0 spiro atoms. The lowest BCUT2D eigenvalue weighted by atomic mass is 9.79. The molecule has 18 heavy (non-hydrogen) atoms. The number of hydrogen-bond acceptors (Lipinski definition) is 2. The first-order chi connectivity index (χ1) is 8.81. The minimum atomic E-state index is 0.588. The number of benzene rings is 1. The summed E-state index contributed by atoms with van der Waals surface area (Å²) in [5.41, 5.74) is 1.50. The summed E-state index contributed by atoms with van der Waals surface area (Å²) < 4.78 is 5.73. The molecular weight excluding hydrogens is 222 g/mol. The fourth-order valence-corrected chi connectivity index (χ4v) is 2.83. The molecule has 1 N–H and O–H groups in total. The Kier molecular flexibility index (Phi) is 3.55. The summed E-state index contributed by atoms with van der Waals surface area (Å²) in [7, 11) is 0. The zero-order valence-corrected chi connectivity index (χ0v) is 11.2. The average molecular weight is 245 g/mol. The van der Waals surface area contributed by atoms with E-state index < -0.39 is 0 Å². The van der Waals surface area contributed by atoms with E-state index in [9.17, 15) is 0 Å². The van der Waals surface area contributed by atoms with E-state index in [1.165, 1.54) is 31.2 Å². The second-order valence-electron chi connectivity index (χ2n) is 5.94. The first-order valence-corrected chi connectivity index (χ1v) is 7.27. The molecule has 3 rings (SSSR count). The van der Waals surface area contributed by atoms with Crippen molar-refractivity contribution >= 4 is 0 Å². The van der Waals surface area contributed by atoms with E-state index >= 15 is 0 Å².